The van der Waals surface area contributed by atoms with E-state index < -0.39 is 10.8 Å². The number of fused-ring (bicyclic) bond motifs is 1. The maximum absolute atomic E-state index is 12.6. The minimum atomic E-state index is -0.616. The van der Waals surface area contributed by atoms with Crippen molar-refractivity contribution in [1.29, 1.82) is 0 Å². The van der Waals surface area contributed by atoms with Gasteiger partial charge in [-0.05, 0) is 65.9 Å². The largest absolute Gasteiger partial charge is 0.493 e. The molecule has 3 aromatic rings. The number of nitrogens with zero attached hydrogens (tertiary/aromatic N) is 2. The van der Waals surface area contributed by atoms with Crippen LogP contribution >= 0.6 is 11.6 Å². The van der Waals surface area contributed by atoms with E-state index in [0.29, 0.717) is 5.69 Å². The van der Waals surface area contributed by atoms with Gasteiger partial charge < -0.3 is 14.8 Å². The molecule has 1 N–H and O–H groups in total. The Labute approximate surface area is 208 Å². The van der Waals surface area contributed by atoms with Crippen LogP contribution in [0.5, 0.6) is 11.5 Å². The van der Waals surface area contributed by atoms with Crippen molar-refractivity contribution in [3.05, 3.63) is 92.0 Å². The van der Waals surface area contributed by atoms with Crippen LogP contribution in [0.3, 0.4) is 0 Å². The molecule has 1 amide bonds. The molecule has 0 bridgehead atoms. The third-order valence-corrected chi connectivity index (χ3v) is 6.36. The third kappa shape index (κ3) is 5.72. The SMILES string of the molecule is COc1cc2c(cc1OC)CN(CCc1ccc(NC(=O)c3ccc(Cl)cc3[N+](=O)[O-])cc1)CC2. The molecule has 182 valence electrons. The lowest BCUT2D eigenvalue weighted by Gasteiger charge is -2.29. The molecule has 1 aliphatic rings. The summed E-state index contributed by atoms with van der Waals surface area (Å²) in [6.45, 7) is 2.72. The minimum absolute atomic E-state index is 0.0388. The van der Waals surface area contributed by atoms with Crippen molar-refractivity contribution in [2.45, 2.75) is 19.4 Å². The Morgan fingerprint density at radius 2 is 1.74 bits per heavy atom. The molecule has 4 rings (SSSR count). The van der Waals surface area contributed by atoms with Crippen LogP contribution in [0.25, 0.3) is 0 Å². The number of nitrogens with one attached hydrogen (secondary N) is 1. The van der Waals surface area contributed by atoms with Crippen LogP contribution in [-0.4, -0.2) is 43.0 Å². The van der Waals surface area contributed by atoms with Crippen LogP contribution < -0.4 is 14.8 Å². The molecule has 35 heavy (non-hydrogen) atoms. The fourth-order valence-electron chi connectivity index (χ4n) is 4.22. The summed E-state index contributed by atoms with van der Waals surface area (Å²) in [5, 5.41) is 14.2. The molecule has 0 atom stereocenters. The summed E-state index contributed by atoms with van der Waals surface area (Å²) in [6, 6.07) is 15.6. The van der Waals surface area contributed by atoms with Crippen molar-refractivity contribution in [2.75, 3.05) is 32.6 Å². The topological polar surface area (TPSA) is 93.9 Å². The Balaban J connectivity index is 1.35. The highest BCUT2D eigenvalue weighted by Gasteiger charge is 2.21. The number of hydrogen-bond acceptors (Lipinski definition) is 6. The number of hydrogen-bond donors (Lipinski definition) is 1. The number of rotatable bonds is 8. The molecular weight excluding hydrogens is 470 g/mol. The lowest BCUT2D eigenvalue weighted by Crippen LogP contribution is -2.32. The summed E-state index contributed by atoms with van der Waals surface area (Å²) in [7, 11) is 3.30. The molecule has 0 fully saturated rings. The molecule has 8 nitrogen and oxygen atoms in total. The number of anilines is 1. The van der Waals surface area contributed by atoms with Crippen molar-refractivity contribution in [3.63, 3.8) is 0 Å². The molecule has 1 aliphatic heterocycles. The lowest BCUT2D eigenvalue weighted by atomic mass is 9.98. The average molecular weight is 496 g/mol. The van der Waals surface area contributed by atoms with Crippen LogP contribution in [0, 0.1) is 10.1 Å². The van der Waals surface area contributed by atoms with Gasteiger partial charge >= 0.3 is 0 Å². The number of methoxy groups -OCH3 is 2. The highest BCUT2D eigenvalue weighted by molar-refractivity contribution is 6.31. The number of nitro benzene ring substituents is 1. The van der Waals surface area contributed by atoms with E-state index in [1.54, 1.807) is 26.4 Å². The Morgan fingerprint density at radius 3 is 2.40 bits per heavy atom. The highest BCUT2D eigenvalue weighted by Crippen LogP contribution is 2.33. The summed E-state index contributed by atoms with van der Waals surface area (Å²) in [4.78, 5) is 25.6. The van der Waals surface area contributed by atoms with Gasteiger partial charge in [-0.25, -0.2) is 0 Å². The van der Waals surface area contributed by atoms with E-state index in [-0.39, 0.29) is 16.3 Å². The Bertz CT molecular complexity index is 1250. The van der Waals surface area contributed by atoms with Crippen LogP contribution in [0.15, 0.2) is 54.6 Å². The summed E-state index contributed by atoms with van der Waals surface area (Å²) in [6.07, 6.45) is 1.82. The van der Waals surface area contributed by atoms with Gasteiger partial charge in [0.15, 0.2) is 11.5 Å². The quantitative estimate of drug-likeness (QED) is 0.344. The number of carbonyl (C=O) groups is 1. The molecular formula is C26H26ClN3O5. The molecule has 0 spiro atoms. The van der Waals surface area contributed by atoms with E-state index in [4.69, 9.17) is 21.1 Å². The number of amides is 1. The standard InChI is InChI=1S/C26H26ClN3O5/c1-34-24-13-18-10-12-29(16-19(18)14-25(24)35-2)11-9-17-3-6-21(7-4-17)28-26(31)22-8-5-20(27)15-23(22)30(32)33/h3-8,13-15H,9-12,16H2,1-2H3,(H,28,31). The molecule has 1 heterocycles. The van der Waals surface area contributed by atoms with Gasteiger partial charge in [0.25, 0.3) is 11.6 Å². The molecule has 0 aromatic heterocycles. The molecule has 0 radical (unpaired) electrons. The number of nitro groups is 1. The molecule has 0 unspecified atom stereocenters. The smallest absolute Gasteiger partial charge is 0.283 e. The predicted molar refractivity (Wildman–Crippen MR) is 135 cm³/mol. The van der Waals surface area contributed by atoms with Gasteiger partial charge in [-0.3, -0.25) is 19.8 Å². The third-order valence-electron chi connectivity index (χ3n) is 6.13. The number of ether oxygens (including phenoxy) is 2. The molecule has 0 aliphatic carbocycles. The number of benzene rings is 3. The first-order chi connectivity index (χ1) is 16.9. The summed E-state index contributed by atoms with van der Waals surface area (Å²) in [5.41, 5.74) is 3.88. The van der Waals surface area contributed by atoms with E-state index in [1.165, 1.54) is 29.3 Å². The molecule has 3 aromatic carbocycles. The summed E-state index contributed by atoms with van der Waals surface area (Å²) >= 11 is 5.83. The normalized spacial score (nSPS) is 13.1. The molecule has 0 saturated carbocycles. The first kappa shape index (κ1) is 24.5. The first-order valence-electron chi connectivity index (χ1n) is 11.2. The average Bonchev–Trinajstić information content (AvgIpc) is 2.87. The minimum Gasteiger partial charge on any atom is -0.493 e. The fourth-order valence-corrected chi connectivity index (χ4v) is 4.39. The van der Waals surface area contributed by atoms with Crippen LogP contribution in [0.2, 0.25) is 5.02 Å². The molecule has 0 saturated heterocycles. The van der Waals surface area contributed by atoms with Gasteiger partial charge in [0.1, 0.15) is 5.56 Å². The van der Waals surface area contributed by atoms with Gasteiger partial charge in [-0.15, -0.1) is 0 Å². The predicted octanol–water partition coefficient (Wildman–Crippen LogP) is 5.12. The van der Waals surface area contributed by atoms with Crippen LogP contribution in [-0.2, 0) is 19.4 Å². The maximum atomic E-state index is 12.6. The number of carbonyl (C=O) groups excluding carboxylic acids is 1. The second kappa shape index (κ2) is 10.8. The summed E-state index contributed by atoms with van der Waals surface area (Å²) in [5.74, 6) is 0.951. The van der Waals surface area contributed by atoms with Crippen molar-refractivity contribution >= 4 is 28.9 Å². The Morgan fingerprint density at radius 1 is 1.06 bits per heavy atom. The van der Waals surface area contributed by atoms with Gasteiger partial charge in [-0.2, -0.15) is 0 Å². The monoisotopic (exact) mass is 495 g/mol. The molecule has 9 heteroatoms. The van der Waals surface area contributed by atoms with Crippen LogP contribution in [0.1, 0.15) is 27.0 Å². The van der Waals surface area contributed by atoms with Crippen molar-refractivity contribution in [3.8, 4) is 11.5 Å². The van der Waals surface area contributed by atoms with E-state index in [1.807, 2.05) is 12.1 Å². The van der Waals surface area contributed by atoms with Crippen LogP contribution in [0.4, 0.5) is 11.4 Å². The van der Waals surface area contributed by atoms with Gasteiger partial charge in [0.05, 0.1) is 19.1 Å². The zero-order valence-corrected chi connectivity index (χ0v) is 20.3. The van der Waals surface area contributed by atoms with Gasteiger partial charge in [-0.1, -0.05) is 23.7 Å². The van der Waals surface area contributed by atoms with E-state index in [0.717, 1.165) is 49.5 Å². The number of halogens is 1. The van der Waals surface area contributed by atoms with E-state index in [9.17, 15) is 14.9 Å². The first-order valence-corrected chi connectivity index (χ1v) is 11.6. The zero-order chi connectivity index (χ0) is 24.9. The van der Waals surface area contributed by atoms with Crippen molar-refractivity contribution in [2.24, 2.45) is 0 Å². The maximum Gasteiger partial charge on any atom is 0.283 e. The highest BCUT2D eigenvalue weighted by atomic mass is 35.5. The Kier molecular flexibility index (Phi) is 7.53. The lowest BCUT2D eigenvalue weighted by molar-refractivity contribution is -0.385. The zero-order valence-electron chi connectivity index (χ0n) is 19.5. The van der Waals surface area contributed by atoms with Gasteiger partial charge in [0, 0.05) is 36.4 Å². The summed E-state index contributed by atoms with van der Waals surface area (Å²) < 4.78 is 10.9. The van der Waals surface area contributed by atoms with Crippen molar-refractivity contribution < 1.29 is 19.2 Å². The second-order valence-corrected chi connectivity index (χ2v) is 8.76. The Hall–Kier alpha value is -3.62. The van der Waals surface area contributed by atoms with E-state index in [2.05, 4.69) is 22.3 Å². The second-order valence-electron chi connectivity index (χ2n) is 8.32. The fraction of sp³-hybridized carbons (Fsp3) is 0.269. The van der Waals surface area contributed by atoms with Crippen molar-refractivity contribution in [1.82, 2.24) is 4.90 Å². The van der Waals surface area contributed by atoms with E-state index >= 15 is 0 Å². The van der Waals surface area contributed by atoms with Gasteiger partial charge in [0.2, 0.25) is 0 Å².